The fourth-order valence-electron chi connectivity index (χ4n) is 4.92. The number of aliphatic carboxylic acids is 1. The van der Waals surface area contributed by atoms with Crippen molar-refractivity contribution >= 4 is 35.9 Å². The normalized spacial score (nSPS) is 14.3. The van der Waals surface area contributed by atoms with Gasteiger partial charge in [-0.3, -0.25) is 9.78 Å². The molecule has 1 saturated carbocycles. The molecule has 0 aliphatic heterocycles. The Hall–Kier alpha value is -3.20. The van der Waals surface area contributed by atoms with E-state index >= 15 is 0 Å². The van der Waals surface area contributed by atoms with Crippen LogP contribution in [-0.2, 0) is 4.79 Å². The first kappa shape index (κ1) is 31.3. The summed E-state index contributed by atoms with van der Waals surface area (Å²) in [6.07, 6.45) is 7.62. The molecule has 10 heteroatoms. The number of halogens is 2. The first-order chi connectivity index (χ1) is 18.7. The van der Waals surface area contributed by atoms with Crippen LogP contribution in [0.2, 0.25) is 5.02 Å². The molecular weight excluding hydrogens is 551 g/mol. The van der Waals surface area contributed by atoms with E-state index in [-0.39, 0.29) is 18.1 Å². The van der Waals surface area contributed by atoms with E-state index in [0.29, 0.717) is 35.9 Å². The van der Waals surface area contributed by atoms with Crippen LogP contribution in [0.15, 0.2) is 48.8 Å². The van der Waals surface area contributed by atoms with Gasteiger partial charge in [-0.15, -0.1) is 12.4 Å². The second-order valence-electron chi connectivity index (χ2n) is 10.3. The summed E-state index contributed by atoms with van der Waals surface area (Å²) in [6.45, 7) is 3.38. The monoisotopic (exact) mass is 586 g/mol. The highest BCUT2D eigenvalue weighted by atomic mass is 35.5. The molecule has 2 N–H and O–H groups in total. The van der Waals surface area contributed by atoms with Gasteiger partial charge in [-0.2, -0.15) is 0 Å². The van der Waals surface area contributed by atoms with E-state index in [1.807, 2.05) is 45.3 Å². The van der Waals surface area contributed by atoms with E-state index in [1.165, 1.54) is 0 Å². The van der Waals surface area contributed by atoms with Gasteiger partial charge < -0.3 is 20.1 Å². The molecule has 0 unspecified atom stereocenters. The summed E-state index contributed by atoms with van der Waals surface area (Å²) in [5, 5.41) is 13.2. The summed E-state index contributed by atoms with van der Waals surface area (Å²) < 4.78 is 5.99. The Bertz CT molecular complexity index is 1340. The highest BCUT2D eigenvalue weighted by molar-refractivity contribution is 6.32. The van der Waals surface area contributed by atoms with Crippen molar-refractivity contribution in [2.45, 2.75) is 51.0 Å². The summed E-state index contributed by atoms with van der Waals surface area (Å²) in [5.41, 5.74) is 2.83. The Balaban J connectivity index is 0.00000441. The number of nitrogens with one attached hydrogen (secondary N) is 1. The molecule has 4 rings (SSSR count). The maximum Gasteiger partial charge on any atom is 0.329 e. The van der Waals surface area contributed by atoms with Crippen LogP contribution >= 0.6 is 24.0 Å². The Morgan fingerprint density at radius 2 is 1.85 bits per heavy atom. The minimum Gasteiger partial charge on any atom is -0.492 e. The zero-order valence-corrected chi connectivity index (χ0v) is 24.6. The summed E-state index contributed by atoms with van der Waals surface area (Å²) >= 11 is 6.46. The minimum atomic E-state index is -1.27. The number of pyridine rings is 2. The van der Waals surface area contributed by atoms with E-state index in [0.717, 1.165) is 54.5 Å². The largest absolute Gasteiger partial charge is 0.492 e. The topological polar surface area (TPSA) is 105 Å². The van der Waals surface area contributed by atoms with Crippen LogP contribution in [0.1, 0.15) is 54.6 Å². The molecule has 40 heavy (non-hydrogen) atoms. The predicted octanol–water partition coefficient (Wildman–Crippen LogP) is 6.04. The smallest absolute Gasteiger partial charge is 0.329 e. The fourth-order valence-corrected chi connectivity index (χ4v) is 5.09. The third-order valence-electron chi connectivity index (χ3n) is 7.14. The maximum absolute atomic E-state index is 13.4. The van der Waals surface area contributed by atoms with Gasteiger partial charge in [0, 0.05) is 35.6 Å². The Kier molecular flexibility index (Phi) is 10.9. The van der Waals surface area contributed by atoms with Gasteiger partial charge in [0.15, 0.2) is 0 Å². The number of nitrogens with zero attached hydrogens (tertiary/aromatic N) is 3. The van der Waals surface area contributed by atoms with Crippen LogP contribution in [0.25, 0.3) is 22.4 Å². The van der Waals surface area contributed by atoms with E-state index in [9.17, 15) is 14.7 Å². The summed E-state index contributed by atoms with van der Waals surface area (Å²) in [4.78, 5) is 36.7. The van der Waals surface area contributed by atoms with Gasteiger partial charge in [0.1, 0.15) is 17.0 Å². The lowest BCUT2D eigenvalue weighted by Crippen LogP contribution is -2.55. The molecule has 2 heterocycles. The van der Waals surface area contributed by atoms with E-state index in [1.54, 1.807) is 24.5 Å². The number of carbonyl (C=O) groups excluding carboxylic acids is 1. The average molecular weight is 588 g/mol. The summed E-state index contributed by atoms with van der Waals surface area (Å²) in [6, 6.07) is 10.8. The lowest BCUT2D eigenvalue weighted by molar-refractivity contribution is -0.145. The van der Waals surface area contributed by atoms with Crippen LogP contribution in [0, 0.1) is 6.92 Å². The number of amides is 1. The lowest BCUT2D eigenvalue weighted by Gasteiger charge is -2.33. The Morgan fingerprint density at radius 3 is 2.52 bits per heavy atom. The predicted molar refractivity (Wildman–Crippen MR) is 159 cm³/mol. The summed E-state index contributed by atoms with van der Waals surface area (Å²) in [5.74, 6) is -0.985. The van der Waals surface area contributed by atoms with Gasteiger partial charge in [0.25, 0.3) is 5.91 Å². The van der Waals surface area contributed by atoms with Crippen LogP contribution in [0.5, 0.6) is 5.75 Å². The molecule has 0 spiro atoms. The molecule has 1 amide bonds. The molecule has 0 atom stereocenters. The van der Waals surface area contributed by atoms with Crippen molar-refractivity contribution in [2.75, 3.05) is 27.2 Å². The molecule has 1 fully saturated rings. The third-order valence-corrected chi connectivity index (χ3v) is 7.45. The second kappa shape index (κ2) is 13.9. The van der Waals surface area contributed by atoms with Crippen LogP contribution in [0.3, 0.4) is 0 Å². The van der Waals surface area contributed by atoms with Crippen LogP contribution in [0.4, 0.5) is 0 Å². The number of aromatic nitrogens is 2. The molecule has 0 saturated heterocycles. The average Bonchev–Trinajstić information content (AvgIpc) is 2.92. The minimum absolute atomic E-state index is 0. The van der Waals surface area contributed by atoms with Gasteiger partial charge >= 0.3 is 5.97 Å². The zero-order valence-electron chi connectivity index (χ0n) is 23.1. The molecule has 1 aliphatic carbocycles. The van der Waals surface area contributed by atoms with Gasteiger partial charge in [-0.05, 0) is 76.2 Å². The zero-order chi connectivity index (χ0) is 28.0. The van der Waals surface area contributed by atoms with Gasteiger partial charge in [0.05, 0.1) is 17.3 Å². The number of rotatable bonds is 10. The first-order valence-electron chi connectivity index (χ1n) is 13.3. The maximum atomic E-state index is 13.4. The third kappa shape index (κ3) is 7.30. The number of carbonyl (C=O) groups is 2. The number of carboxylic acid groups (broad SMARTS) is 1. The molecule has 0 bridgehead atoms. The van der Waals surface area contributed by atoms with Crippen molar-refractivity contribution in [1.29, 1.82) is 0 Å². The molecule has 1 aromatic carbocycles. The molecule has 0 radical (unpaired) electrons. The number of ether oxygens (including phenoxy) is 1. The number of hydrogen-bond acceptors (Lipinski definition) is 6. The van der Waals surface area contributed by atoms with Crippen molar-refractivity contribution in [2.24, 2.45) is 0 Å². The van der Waals surface area contributed by atoms with E-state index < -0.39 is 17.4 Å². The first-order valence-corrected chi connectivity index (χ1v) is 13.6. The van der Waals surface area contributed by atoms with Crippen molar-refractivity contribution in [3.63, 3.8) is 0 Å². The quantitative estimate of drug-likeness (QED) is 0.279. The fraction of sp³-hybridized carbons (Fsp3) is 0.400. The van der Waals surface area contributed by atoms with Crippen molar-refractivity contribution < 1.29 is 19.4 Å². The molecule has 1 aliphatic rings. The molecule has 8 nitrogen and oxygen atoms in total. The highest BCUT2D eigenvalue weighted by Crippen LogP contribution is 2.36. The van der Waals surface area contributed by atoms with E-state index in [4.69, 9.17) is 21.3 Å². The van der Waals surface area contributed by atoms with Crippen molar-refractivity contribution in [3.05, 3.63) is 65.1 Å². The Morgan fingerprint density at radius 1 is 1.10 bits per heavy atom. The molecule has 2 aromatic heterocycles. The van der Waals surface area contributed by atoms with E-state index in [2.05, 4.69) is 15.2 Å². The van der Waals surface area contributed by atoms with Crippen molar-refractivity contribution in [1.82, 2.24) is 20.2 Å². The lowest BCUT2D eigenvalue weighted by atomic mass is 9.81. The second-order valence-corrected chi connectivity index (χ2v) is 10.7. The number of aryl methyl sites for hydroxylation is 1. The SMILES string of the molecule is Cc1ccncc1-c1ccc(C(=O)NC2(C(=O)O)CCCCC2)nc1-c1ccc(Cl)c(OCCCN(C)C)c1.Cl. The molecule has 214 valence electrons. The standard InChI is InChI=1S/C30H35ClN4O4.ClH/c1-20-12-15-32-19-23(20)22-9-11-25(28(36)34-30(29(37)38)13-5-4-6-14-30)33-27(22)21-8-10-24(31)26(18-21)39-17-7-16-35(2)3;/h8-12,15,18-19H,4-7,13-14,16-17H2,1-3H3,(H,34,36)(H,37,38);1H. The number of hydrogen-bond donors (Lipinski definition) is 2. The molecule has 3 aromatic rings. The van der Waals surface area contributed by atoms with Gasteiger partial charge in [-0.25, -0.2) is 9.78 Å². The number of carboxylic acids is 1. The van der Waals surface area contributed by atoms with Crippen molar-refractivity contribution in [3.8, 4) is 28.1 Å². The Labute approximate surface area is 246 Å². The number of benzene rings is 1. The van der Waals surface area contributed by atoms with Crippen LogP contribution in [-0.4, -0.2) is 64.6 Å². The molecular formula is C30H36Cl2N4O4. The van der Waals surface area contributed by atoms with Crippen LogP contribution < -0.4 is 10.1 Å². The highest BCUT2D eigenvalue weighted by Gasteiger charge is 2.41. The van der Waals surface area contributed by atoms with Gasteiger partial charge in [0.2, 0.25) is 0 Å². The summed E-state index contributed by atoms with van der Waals surface area (Å²) in [7, 11) is 4.02. The van der Waals surface area contributed by atoms with Gasteiger partial charge in [-0.1, -0.05) is 36.9 Å².